The van der Waals surface area contributed by atoms with Crippen molar-refractivity contribution < 1.29 is 22.7 Å². The zero-order chi connectivity index (χ0) is 20.4. The Labute approximate surface area is 165 Å². The van der Waals surface area contributed by atoms with Crippen LogP contribution in [0.15, 0.2) is 44.0 Å². The van der Waals surface area contributed by atoms with Crippen LogP contribution in [0.25, 0.3) is 0 Å². The van der Waals surface area contributed by atoms with Gasteiger partial charge in [0.1, 0.15) is 34.3 Å². The minimum atomic E-state index is -0.760. The van der Waals surface area contributed by atoms with Gasteiger partial charge in [-0.1, -0.05) is 0 Å². The first-order valence-corrected chi connectivity index (χ1v) is 8.77. The maximum atomic E-state index is 13.7. The fourth-order valence-corrected chi connectivity index (χ4v) is 2.85. The number of primary amides is 1. The normalized spacial score (nSPS) is 10.9. The molecule has 0 aliphatic heterocycles. The highest BCUT2D eigenvalue weighted by atomic mass is 79.9. The number of aromatic nitrogens is 2. The molecule has 0 saturated carbocycles. The third-order valence-corrected chi connectivity index (χ3v) is 4.55. The van der Waals surface area contributed by atoms with Crippen molar-refractivity contribution in [1.82, 2.24) is 9.55 Å². The quantitative estimate of drug-likeness (QED) is 0.618. The molecular formula is C18H14BrF2N3O4. The van der Waals surface area contributed by atoms with E-state index in [0.717, 1.165) is 12.1 Å². The van der Waals surface area contributed by atoms with E-state index < -0.39 is 23.1 Å². The van der Waals surface area contributed by atoms with Crippen LogP contribution in [0.4, 0.5) is 8.78 Å². The molecule has 1 aromatic carbocycles. The van der Waals surface area contributed by atoms with E-state index in [-0.39, 0.29) is 34.8 Å². The van der Waals surface area contributed by atoms with E-state index >= 15 is 0 Å². The predicted octanol–water partition coefficient (Wildman–Crippen LogP) is 2.91. The molecule has 7 nitrogen and oxygen atoms in total. The molecule has 2 aromatic heterocycles. The van der Waals surface area contributed by atoms with Gasteiger partial charge in [0.15, 0.2) is 5.76 Å². The SMILES string of the molecule is Cc1nc(OCc2ccc(F)cc2F)c(Br)c(=O)n1Cc1ccc(C(N)=O)o1. The summed E-state index contributed by atoms with van der Waals surface area (Å²) < 4.78 is 38.7. The molecule has 0 saturated heterocycles. The Morgan fingerprint density at radius 1 is 1.32 bits per heavy atom. The lowest BCUT2D eigenvalue weighted by molar-refractivity contribution is 0.0972. The number of halogens is 3. The second-order valence-electron chi connectivity index (χ2n) is 5.82. The number of rotatable bonds is 6. The van der Waals surface area contributed by atoms with Crippen molar-refractivity contribution in [2.45, 2.75) is 20.1 Å². The molecule has 0 atom stereocenters. The van der Waals surface area contributed by atoms with Gasteiger partial charge in [-0.15, -0.1) is 0 Å². The largest absolute Gasteiger partial charge is 0.472 e. The van der Waals surface area contributed by atoms with Crippen molar-refractivity contribution in [2.24, 2.45) is 5.73 Å². The van der Waals surface area contributed by atoms with Gasteiger partial charge in [0.05, 0.1) is 6.54 Å². The average Bonchev–Trinajstić information content (AvgIpc) is 3.11. The number of hydrogen-bond acceptors (Lipinski definition) is 5. The lowest BCUT2D eigenvalue weighted by atomic mass is 10.2. The fourth-order valence-electron chi connectivity index (χ4n) is 2.43. The average molecular weight is 454 g/mol. The van der Waals surface area contributed by atoms with Crippen LogP contribution in [0.2, 0.25) is 0 Å². The Balaban J connectivity index is 1.83. The first-order chi connectivity index (χ1) is 13.3. The van der Waals surface area contributed by atoms with E-state index in [9.17, 15) is 18.4 Å². The number of ether oxygens (including phenoxy) is 1. The number of furan rings is 1. The first kappa shape index (κ1) is 19.7. The molecule has 3 aromatic rings. The third kappa shape index (κ3) is 4.11. The molecular weight excluding hydrogens is 440 g/mol. The molecule has 0 aliphatic rings. The van der Waals surface area contributed by atoms with Crippen molar-refractivity contribution >= 4 is 21.8 Å². The molecule has 2 N–H and O–H groups in total. The van der Waals surface area contributed by atoms with Crippen molar-refractivity contribution in [1.29, 1.82) is 0 Å². The fraction of sp³-hybridized carbons (Fsp3) is 0.167. The molecule has 0 aliphatic carbocycles. The Morgan fingerprint density at radius 2 is 2.07 bits per heavy atom. The standard InChI is InChI=1S/C18H14BrF2N3O4/c1-9-23-17(27-8-10-2-3-11(20)6-13(10)21)15(19)18(26)24(9)7-12-4-5-14(28-12)16(22)25/h2-6H,7-8H2,1H3,(H2,22,25). The molecule has 1 amide bonds. The number of benzene rings is 1. The summed E-state index contributed by atoms with van der Waals surface area (Å²) in [5.74, 6) is -1.57. The van der Waals surface area contributed by atoms with E-state index in [1.807, 2.05) is 0 Å². The van der Waals surface area contributed by atoms with Gasteiger partial charge < -0.3 is 14.9 Å². The van der Waals surface area contributed by atoms with Gasteiger partial charge >= 0.3 is 0 Å². The molecule has 3 rings (SSSR count). The molecule has 28 heavy (non-hydrogen) atoms. The smallest absolute Gasteiger partial charge is 0.284 e. The summed E-state index contributed by atoms with van der Waals surface area (Å²) in [6, 6.07) is 6.04. The lowest BCUT2D eigenvalue weighted by Gasteiger charge is -2.13. The minimum absolute atomic E-state index is 0.0194. The van der Waals surface area contributed by atoms with Crippen LogP contribution in [0.3, 0.4) is 0 Å². The van der Waals surface area contributed by atoms with E-state index in [0.29, 0.717) is 11.6 Å². The third-order valence-electron chi connectivity index (χ3n) is 3.87. The molecule has 0 unspecified atom stereocenters. The summed E-state index contributed by atoms with van der Waals surface area (Å²) in [5, 5.41) is 0. The van der Waals surface area contributed by atoms with Crippen molar-refractivity contribution in [3.05, 3.63) is 79.7 Å². The molecule has 0 fully saturated rings. The number of nitrogens with zero attached hydrogens (tertiary/aromatic N) is 2. The highest BCUT2D eigenvalue weighted by Gasteiger charge is 2.17. The number of carbonyl (C=O) groups is 1. The van der Waals surface area contributed by atoms with E-state index in [1.165, 1.54) is 22.8 Å². The first-order valence-electron chi connectivity index (χ1n) is 7.98. The van der Waals surface area contributed by atoms with Crippen molar-refractivity contribution in [3.8, 4) is 5.88 Å². The Bertz CT molecular complexity index is 1110. The van der Waals surface area contributed by atoms with E-state index in [2.05, 4.69) is 20.9 Å². The van der Waals surface area contributed by atoms with E-state index in [1.54, 1.807) is 6.92 Å². The molecule has 0 bridgehead atoms. The molecule has 0 spiro atoms. The summed E-state index contributed by atoms with van der Waals surface area (Å²) in [6.45, 7) is 1.37. The zero-order valence-corrected chi connectivity index (χ0v) is 16.1. The molecule has 146 valence electrons. The number of nitrogens with two attached hydrogens (primary N) is 1. The van der Waals surface area contributed by atoms with Gasteiger partial charge in [0, 0.05) is 11.6 Å². The second-order valence-corrected chi connectivity index (χ2v) is 6.62. The minimum Gasteiger partial charge on any atom is -0.472 e. The van der Waals surface area contributed by atoms with Crippen LogP contribution >= 0.6 is 15.9 Å². The van der Waals surface area contributed by atoms with Gasteiger partial charge in [-0.25, -0.2) is 8.78 Å². The monoisotopic (exact) mass is 453 g/mol. The molecule has 0 radical (unpaired) electrons. The number of aryl methyl sites for hydroxylation is 1. The lowest BCUT2D eigenvalue weighted by Crippen LogP contribution is -2.25. The summed E-state index contributed by atoms with van der Waals surface area (Å²) in [4.78, 5) is 27.9. The topological polar surface area (TPSA) is 100 Å². The van der Waals surface area contributed by atoms with Gasteiger partial charge in [0.25, 0.3) is 11.5 Å². The van der Waals surface area contributed by atoms with Crippen LogP contribution in [-0.4, -0.2) is 15.5 Å². The Morgan fingerprint density at radius 3 is 2.71 bits per heavy atom. The van der Waals surface area contributed by atoms with Crippen LogP contribution < -0.4 is 16.0 Å². The molecule has 10 heteroatoms. The number of amides is 1. The Kier molecular flexibility index (Phi) is 5.59. The zero-order valence-electron chi connectivity index (χ0n) is 14.5. The van der Waals surface area contributed by atoms with E-state index in [4.69, 9.17) is 14.9 Å². The second kappa shape index (κ2) is 7.93. The number of carbonyl (C=O) groups excluding carboxylic acids is 1. The predicted molar refractivity (Wildman–Crippen MR) is 98.0 cm³/mol. The summed E-state index contributed by atoms with van der Waals surface area (Å²) in [7, 11) is 0. The molecule has 2 heterocycles. The summed E-state index contributed by atoms with van der Waals surface area (Å²) in [5.41, 5.74) is 4.80. The maximum Gasteiger partial charge on any atom is 0.284 e. The van der Waals surface area contributed by atoms with Crippen molar-refractivity contribution in [3.63, 3.8) is 0 Å². The Hall–Kier alpha value is -3.01. The van der Waals surface area contributed by atoms with Crippen molar-refractivity contribution in [2.75, 3.05) is 0 Å². The summed E-state index contributed by atoms with van der Waals surface area (Å²) in [6.07, 6.45) is 0. The summed E-state index contributed by atoms with van der Waals surface area (Å²) >= 11 is 3.13. The van der Waals surface area contributed by atoms with Gasteiger partial charge in [-0.05, 0) is 47.1 Å². The van der Waals surface area contributed by atoms with Crippen LogP contribution in [0, 0.1) is 18.6 Å². The van der Waals surface area contributed by atoms with Gasteiger partial charge in [0.2, 0.25) is 5.88 Å². The maximum absolute atomic E-state index is 13.7. The number of hydrogen-bond donors (Lipinski definition) is 1. The van der Waals surface area contributed by atoms with Crippen LogP contribution in [0.1, 0.15) is 27.7 Å². The highest BCUT2D eigenvalue weighted by Crippen LogP contribution is 2.21. The van der Waals surface area contributed by atoms with Crippen LogP contribution in [0.5, 0.6) is 5.88 Å². The van der Waals surface area contributed by atoms with Gasteiger partial charge in [-0.2, -0.15) is 4.98 Å². The van der Waals surface area contributed by atoms with Crippen LogP contribution in [-0.2, 0) is 13.2 Å². The van der Waals surface area contributed by atoms with Gasteiger partial charge in [-0.3, -0.25) is 14.2 Å². The highest BCUT2D eigenvalue weighted by molar-refractivity contribution is 9.10.